The van der Waals surface area contributed by atoms with Crippen molar-refractivity contribution < 1.29 is 24.9 Å². The molecule has 0 rings (SSSR count). The number of hydrogen-bond donors (Lipinski definition) is 5. The van der Waals surface area contributed by atoms with Crippen molar-refractivity contribution in [3.05, 3.63) is 0 Å². The van der Waals surface area contributed by atoms with Crippen molar-refractivity contribution in [3.8, 4) is 0 Å². The van der Waals surface area contributed by atoms with Crippen LogP contribution in [-0.2, 0) is 0 Å². The molecule has 6 heteroatoms. The third kappa shape index (κ3) is 8130. The molecule has 0 saturated heterocycles. The van der Waals surface area contributed by atoms with Gasteiger partial charge >= 0.3 is 8.60 Å². The van der Waals surface area contributed by atoms with Crippen LogP contribution in [0.5, 0.6) is 0 Å². The second kappa shape index (κ2) is 22.9. The van der Waals surface area contributed by atoms with Gasteiger partial charge in [-0.15, -0.1) is 0 Å². The van der Waals surface area contributed by atoms with Gasteiger partial charge in [0.2, 0.25) is 0 Å². The third-order valence-electron chi connectivity index (χ3n) is 0. The minimum Gasteiger partial charge on any atom is -0.397 e. The zero-order chi connectivity index (χ0) is 8.99. The van der Waals surface area contributed by atoms with E-state index in [0.717, 1.165) is 0 Å². The van der Waals surface area contributed by atoms with Crippen LogP contribution in [0.1, 0.15) is 13.8 Å². The molecule has 0 aliphatic carbocycles. The summed E-state index contributed by atoms with van der Waals surface area (Å²) in [5.74, 6) is 0. The minimum atomic E-state index is -2.62. The van der Waals surface area contributed by atoms with Crippen LogP contribution in [0.4, 0.5) is 0 Å². The highest BCUT2D eigenvalue weighted by molar-refractivity contribution is 7.38. The Morgan fingerprint density at radius 1 is 0.900 bits per heavy atom. The van der Waals surface area contributed by atoms with E-state index in [2.05, 4.69) is 0 Å². The lowest BCUT2D eigenvalue weighted by Crippen LogP contribution is -1.57. The van der Waals surface area contributed by atoms with E-state index in [1.54, 1.807) is 13.8 Å². The molecule has 0 spiro atoms. The summed E-state index contributed by atoms with van der Waals surface area (Å²) in [5.41, 5.74) is 0. The van der Waals surface area contributed by atoms with Crippen LogP contribution in [0.25, 0.3) is 0 Å². The van der Waals surface area contributed by atoms with E-state index in [-0.39, 0.29) is 13.2 Å². The van der Waals surface area contributed by atoms with Gasteiger partial charge < -0.3 is 24.9 Å². The lowest BCUT2D eigenvalue weighted by molar-refractivity contribution is 0.318. The molecule has 0 heterocycles. The van der Waals surface area contributed by atoms with E-state index in [0.29, 0.717) is 0 Å². The molecular weight excluding hydrogens is 159 g/mol. The summed E-state index contributed by atoms with van der Waals surface area (Å²) in [6.45, 7) is 3.86. The summed E-state index contributed by atoms with van der Waals surface area (Å²) >= 11 is 0. The maximum absolute atomic E-state index is 7.57. The van der Waals surface area contributed by atoms with Crippen molar-refractivity contribution in [1.82, 2.24) is 0 Å². The molecule has 0 aromatic carbocycles. The van der Waals surface area contributed by atoms with E-state index >= 15 is 0 Å². The Bertz CT molecular complexity index is 30.1. The molecule has 0 aromatic rings. The van der Waals surface area contributed by atoms with Crippen LogP contribution in [0.15, 0.2) is 0 Å². The molecule has 0 aliphatic rings. The van der Waals surface area contributed by atoms with E-state index < -0.39 is 8.60 Å². The molecule has 0 bridgehead atoms. The molecule has 10 heavy (non-hydrogen) atoms. The molecule has 0 saturated carbocycles. The lowest BCUT2D eigenvalue weighted by atomic mass is 10.9. The van der Waals surface area contributed by atoms with Crippen LogP contribution in [0, 0.1) is 0 Å². The van der Waals surface area contributed by atoms with Crippen LogP contribution in [0.3, 0.4) is 0 Å². The Morgan fingerprint density at radius 2 is 0.900 bits per heavy atom. The van der Waals surface area contributed by atoms with Crippen LogP contribution >= 0.6 is 8.60 Å². The maximum Gasteiger partial charge on any atom is 0.324 e. The van der Waals surface area contributed by atoms with Gasteiger partial charge in [0.1, 0.15) is 0 Å². The summed E-state index contributed by atoms with van der Waals surface area (Å²) in [7, 11) is -2.62. The minimum absolute atomic E-state index is 0.250. The van der Waals surface area contributed by atoms with E-state index in [1.807, 2.05) is 0 Å². The first-order valence-corrected chi connectivity index (χ1v) is 3.85. The van der Waals surface area contributed by atoms with Crippen molar-refractivity contribution in [2.24, 2.45) is 0 Å². The predicted octanol–water partition coefficient (Wildman–Crippen LogP) is -0.813. The van der Waals surface area contributed by atoms with Gasteiger partial charge in [0, 0.05) is 13.2 Å². The van der Waals surface area contributed by atoms with Crippen molar-refractivity contribution in [1.29, 1.82) is 0 Å². The van der Waals surface area contributed by atoms with Gasteiger partial charge in [-0.25, -0.2) is 0 Å². The van der Waals surface area contributed by atoms with Crippen molar-refractivity contribution in [3.63, 3.8) is 0 Å². The fourth-order valence-corrected chi connectivity index (χ4v) is 0. The second-order valence-corrected chi connectivity index (χ2v) is 1.44. The second-order valence-electron chi connectivity index (χ2n) is 0.901. The summed E-state index contributed by atoms with van der Waals surface area (Å²) < 4.78 is 0. The smallest absolute Gasteiger partial charge is 0.324 e. The average Bonchev–Trinajstić information content (AvgIpc) is 1.65. The highest BCUT2D eigenvalue weighted by atomic mass is 31.2. The van der Waals surface area contributed by atoms with Crippen LogP contribution < -0.4 is 0 Å². The molecule has 66 valence electrons. The number of rotatable bonds is 0. The Labute approximate surface area is 61.6 Å². The van der Waals surface area contributed by atoms with Crippen LogP contribution in [0.2, 0.25) is 0 Å². The summed E-state index contributed by atoms with van der Waals surface area (Å²) in [6.07, 6.45) is 0. The molecule has 0 unspecified atom stereocenters. The van der Waals surface area contributed by atoms with Gasteiger partial charge in [-0.1, -0.05) is 0 Å². The largest absolute Gasteiger partial charge is 0.397 e. The van der Waals surface area contributed by atoms with Gasteiger partial charge in [0.05, 0.1) is 0 Å². The summed E-state index contributed by atoms with van der Waals surface area (Å²) in [5, 5.41) is 15.1. The molecule has 0 atom stereocenters. The predicted molar refractivity (Wildman–Crippen MR) is 39.1 cm³/mol. The maximum atomic E-state index is 7.57. The molecular formula is C4H15O5P. The van der Waals surface area contributed by atoms with E-state index in [9.17, 15) is 0 Å². The van der Waals surface area contributed by atoms with Crippen molar-refractivity contribution in [2.45, 2.75) is 13.8 Å². The zero-order valence-corrected chi connectivity index (χ0v) is 6.99. The van der Waals surface area contributed by atoms with Crippen molar-refractivity contribution >= 4 is 8.60 Å². The fourth-order valence-electron chi connectivity index (χ4n) is 0. The fraction of sp³-hybridized carbons (Fsp3) is 1.00. The monoisotopic (exact) mass is 174 g/mol. The molecule has 5 N–H and O–H groups in total. The van der Waals surface area contributed by atoms with Gasteiger partial charge in [0.25, 0.3) is 0 Å². The number of aliphatic hydroxyl groups is 2. The quantitative estimate of drug-likeness (QED) is 0.309. The first kappa shape index (κ1) is 16.7. The molecule has 5 nitrogen and oxygen atoms in total. The Balaban J connectivity index is -0.0000000750. The van der Waals surface area contributed by atoms with Gasteiger partial charge in [-0.2, -0.15) is 0 Å². The van der Waals surface area contributed by atoms with Gasteiger partial charge in [-0.05, 0) is 13.8 Å². The molecule has 0 amide bonds. The first-order valence-electron chi connectivity index (χ1n) is 2.65. The summed E-state index contributed by atoms with van der Waals surface area (Å²) in [6, 6.07) is 0. The highest BCUT2D eigenvalue weighted by Gasteiger charge is 1.76. The Kier molecular flexibility index (Phi) is 38.1. The average molecular weight is 174 g/mol. The Hall–Kier alpha value is 0.230. The number of hydrogen-bond acceptors (Lipinski definition) is 5. The first-order chi connectivity index (χ1) is 4.56. The molecule has 0 radical (unpaired) electrons. The SMILES string of the molecule is CCO.CCO.OP(O)O. The molecule has 0 aromatic heterocycles. The van der Waals surface area contributed by atoms with Crippen molar-refractivity contribution in [2.75, 3.05) is 13.2 Å². The van der Waals surface area contributed by atoms with E-state index in [4.69, 9.17) is 24.9 Å². The molecule has 0 aliphatic heterocycles. The lowest BCUT2D eigenvalue weighted by Gasteiger charge is -1.76. The number of aliphatic hydroxyl groups excluding tert-OH is 2. The Morgan fingerprint density at radius 3 is 0.900 bits per heavy atom. The summed E-state index contributed by atoms with van der Waals surface area (Å²) in [4.78, 5) is 21.7. The van der Waals surface area contributed by atoms with Gasteiger partial charge in [0.15, 0.2) is 0 Å². The molecule has 0 fully saturated rings. The van der Waals surface area contributed by atoms with Gasteiger partial charge in [-0.3, -0.25) is 0 Å². The topological polar surface area (TPSA) is 101 Å². The zero-order valence-electron chi connectivity index (χ0n) is 6.10. The van der Waals surface area contributed by atoms with E-state index in [1.165, 1.54) is 0 Å². The third-order valence-corrected chi connectivity index (χ3v) is 0. The standard InChI is InChI=1S/2C2H6O.H3O3P/c2*1-2-3;1-4(2)3/h2*3H,2H2,1H3;1-3H. The van der Waals surface area contributed by atoms with Crippen LogP contribution in [-0.4, -0.2) is 38.1 Å². The normalized spacial score (nSPS) is 7.20. The highest BCUT2D eigenvalue weighted by Crippen LogP contribution is 2.11.